The van der Waals surface area contributed by atoms with Crippen LogP contribution in [0.5, 0.6) is 0 Å². The van der Waals surface area contributed by atoms with Gasteiger partial charge in [-0.2, -0.15) is 0 Å². The molecule has 0 aromatic rings. The summed E-state index contributed by atoms with van der Waals surface area (Å²) in [5.74, 6) is -0.158. The molecular weight excluding hydrogens is 254 g/mol. The molecule has 1 amide bonds. The standard InChI is InChI=1S/C11H21N3O3S/c1-9(12)11(15)13-7-4-10(8-13)18(16,17)14-5-2-3-6-14/h9-10H,2-8,12H2,1H3/t9-,10?/m1/s1. The van der Waals surface area contributed by atoms with E-state index in [1.54, 1.807) is 16.1 Å². The number of carbonyl (C=O) groups is 1. The minimum absolute atomic E-state index is 0.158. The van der Waals surface area contributed by atoms with E-state index >= 15 is 0 Å². The number of hydrogen-bond acceptors (Lipinski definition) is 4. The Bertz CT molecular complexity index is 415. The summed E-state index contributed by atoms with van der Waals surface area (Å²) in [5, 5.41) is -0.446. The number of carbonyl (C=O) groups excluding carboxylic acids is 1. The fourth-order valence-electron chi connectivity index (χ4n) is 2.61. The predicted octanol–water partition coefficient (Wildman–Crippen LogP) is -0.640. The van der Waals surface area contributed by atoms with Gasteiger partial charge in [-0.05, 0) is 26.2 Å². The Morgan fingerprint density at radius 3 is 2.44 bits per heavy atom. The Labute approximate surface area is 108 Å². The molecule has 2 N–H and O–H groups in total. The van der Waals surface area contributed by atoms with Crippen LogP contribution in [0.25, 0.3) is 0 Å². The van der Waals surface area contributed by atoms with Crippen LogP contribution in [-0.2, 0) is 14.8 Å². The average molecular weight is 275 g/mol. The third-order valence-corrected chi connectivity index (χ3v) is 6.00. The number of hydrogen-bond donors (Lipinski definition) is 1. The lowest BCUT2D eigenvalue weighted by Gasteiger charge is -2.22. The van der Waals surface area contributed by atoms with Gasteiger partial charge < -0.3 is 10.6 Å². The highest BCUT2D eigenvalue weighted by Crippen LogP contribution is 2.23. The molecule has 2 aliphatic rings. The van der Waals surface area contributed by atoms with Crippen LogP contribution in [-0.4, -0.2) is 61.0 Å². The molecule has 0 spiro atoms. The van der Waals surface area contributed by atoms with Gasteiger partial charge in [0.15, 0.2) is 0 Å². The van der Waals surface area contributed by atoms with E-state index in [0.29, 0.717) is 32.6 Å². The fourth-order valence-corrected chi connectivity index (χ4v) is 4.57. The van der Waals surface area contributed by atoms with E-state index in [2.05, 4.69) is 0 Å². The highest BCUT2D eigenvalue weighted by Gasteiger charge is 2.39. The van der Waals surface area contributed by atoms with E-state index in [9.17, 15) is 13.2 Å². The number of rotatable bonds is 3. The van der Waals surface area contributed by atoms with Crippen LogP contribution in [0.1, 0.15) is 26.2 Å². The minimum atomic E-state index is -3.23. The van der Waals surface area contributed by atoms with Crippen LogP contribution in [0.4, 0.5) is 0 Å². The topological polar surface area (TPSA) is 83.7 Å². The second-order valence-corrected chi connectivity index (χ2v) is 7.35. The summed E-state index contributed by atoms with van der Waals surface area (Å²) in [5.41, 5.74) is 5.54. The van der Waals surface area contributed by atoms with E-state index in [-0.39, 0.29) is 5.91 Å². The second kappa shape index (κ2) is 5.14. The molecule has 104 valence electrons. The van der Waals surface area contributed by atoms with Crippen molar-refractivity contribution in [3.63, 3.8) is 0 Å². The van der Waals surface area contributed by atoms with Crippen molar-refractivity contribution in [3.05, 3.63) is 0 Å². The summed E-state index contributed by atoms with van der Waals surface area (Å²) in [7, 11) is -3.23. The molecular formula is C11H21N3O3S. The lowest BCUT2D eigenvalue weighted by Crippen LogP contribution is -2.43. The first kappa shape index (κ1) is 13.8. The maximum atomic E-state index is 12.3. The monoisotopic (exact) mass is 275 g/mol. The summed E-state index contributed by atoms with van der Waals surface area (Å²) >= 11 is 0. The maximum absolute atomic E-state index is 12.3. The zero-order valence-corrected chi connectivity index (χ0v) is 11.5. The van der Waals surface area contributed by atoms with E-state index in [0.717, 1.165) is 12.8 Å². The normalized spacial score (nSPS) is 27.7. The Morgan fingerprint density at radius 1 is 1.28 bits per heavy atom. The summed E-state index contributed by atoms with van der Waals surface area (Å²) in [6, 6.07) is -0.557. The van der Waals surface area contributed by atoms with Crippen LogP contribution < -0.4 is 5.73 Å². The molecule has 0 aromatic heterocycles. The molecule has 2 atom stereocenters. The molecule has 18 heavy (non-hydrogen) atoms. The van der Waals surface area contributed by atoms with Gasteiger partial charge in [-0.25, -0.2) is 12.7 Å². The van der Waals surface area contributed by atoms with Crippen LogP contribution in [0.15, 0.2) is 0 Å². The van der Waals surface area contributed by atoms with Crippen molar-refractivity contribution >= 4 is 15.9 Å². The maximum Gasteiger partial charge on any atom is 0.239 e. The average Bonchev–Trinajstić information content (AvgIpc) is 2.99. The molecule has 7 heteroatoms. The van der Waals surface area contributed by atoms with Crippen molar-refractivity contribution in [2.24, 2.45) is 5.73 Å². The lowest BCUT2D eigenvalue weighted by atomic mass is 10.3. The van der Waals surface area contributed by atoms with Crippen molar-refractivity contribution in [1.29, 1.82) is 0 Å². The van der Waals surface area contributed by atoms with Crippen molar-refractivity contribution < 1.29 is 13.2 Å². The van der Waals surface area contributed by atoms with Crippen molar-refractivity contribution in [3.8, 4) is 0 Å². The summed E-state index contributed by atoms with van der Waals surface area (Å²) in [4.78, 5) is 13.3. The molecule has 2 heterocycles. The molecule has 2 saturated heterocycles. The van der Waals surface area contributed by atoms with Gasteiger partial charge in [0.1, 0.15) is 0 Å². The Morgan fingerprint density at radius 2 is 1.89 bits per heavy atom. The lowest BCUT2D eigenvalue weighted by molar-refractivity contribution is -0.131. The van der Waals surface area contributed by atoms with E-state index in [1.807, 2.05) is 0 Å². The zero-order chi connectivity index (χ0) is 13.3. The Hall–Kier alpha value is -0.660. The number of nitrogens with zero attached hydrogens (tertiary/aromatic N) is 2. The molecule has 2 aliphatic heterocycles. The molecule has 0 saturated carbocycles. The third-order valence-electron chi connectivity index (χ3n) is 3.69. The van der Waals surface area contributed by atoms with Gasteiger partial charge in [0.2, 0.25) is 15.9 Å². The van der Waals surface area contributed by atoms with E-state index < -0.39 is 21.3 Å². The van der Waals surface area contributed by atoms with Gasteiger partial charge in [-0.3, -0.25) is 4.79 Å². The van der Waals surface area contributed by atoms with Crippen molar-refractivity contribution in [2.45, 2.75) is 37.5 Å². The minimum Gasteiger partial charge on any atom is -0.340 e. The number of nitrogens with two attached hydrogens (primary N) is 1. The van der Waals surface area contributed by atoms with E-state index in [4.69, 9.17) is 5.73 Å². The van der Waals surface area contributed by atoms with Gasteiger partial charge in [-0.15, -0.1) is 0 Å². The fraction of sp³-hybridized carbons (Fsp3) is 0.909. The summed E-state index contributed by atoms with van der Waals surface area (Å²) in [6.07, 6.45) is 2.40. The van der Waals surface area contributed by atoms with Gasteiger partial charge in [0, 0.05) is 26.2 Å². The summed E-state index contributed by atoms with van der Waals surface area (Å²) in [6.45, 7) is 3.67. The molecule has 0 aliphatic carbocycles. The first-order valence-electron chi connectivity index (χ1n) is 6.46. The first-order valence-corrected chi connectivity index (χ1v) is 7.96. The third kappa shape index (κ3) is 2.53. The molecule has 2 fully saturated rings. The molecule has 0 bridgehead atoms. The highest BCUT2D eigenvalue weighted by atomic mass is 32.2. The molecule has 0 radical (unpaired) electrons. The first-order chi connectivity index (χ1) is 8.43. The van der Waals surface area contributed by atoms with Crippen LogP contribution >= 0.6 is 0 Å². The van der Waals surface area contributed by atoms with Crippen LogP contribution in [0.2, 0.25) is 0 Å². The number of sulfonamides is 1. The number of likely N-dealkylation sites (tertiary alicyclic amines) is 1. The zero-order valence-electron chi connectivity index (χ0n) is 10.7. The van der Waals surface area contributed by atoms with Gasteiger partial charge >= 0.3 is 0 Å². The molecule has 2 rings (SSSR count). The molecule has 1 unspecified atom stereocenters. The van der Waals surface area contributed by atoms with Gasteiger partial charge in [0.25, 0.3) is 0 Å². The molecule has 6 nitrogen and oxygen atoms in total. The van der Waals surface area contributed by atoms with Crippen LogP contribution in [0.3, 0.4) is 0 Å². The quantitative estimate of drug-likeness (QED) is 0.742. The number of amides is 1. The Kier molecular flexibility index (Phi) is 3.93. The van der Waals surface area contributed by atoms with E-state index in [1.165, 1.54) is 0 Å². The summed E-state index contributed by atoms with van der Waals surface area (Å²) < 4.78 is 26.2. The second-order valence-electron chi connectivity index (χ2n) is 5.13. The highest BCUT2D eigenvalue weighted by molar-refractivity contribution is 7.89. The van der Waals surface area contributed by atoms with Crippen molar-refractivity contribution in [2.75, 3.05) is 26.2 Å². The molecule has 0 aromatic carbocycles. The predicted molar refractivity (Wildman–Crippen MR) is 68.4 cm³/mol. The van der Waals surface area contributed by atoms with Crippen molar-refractivity contribution in [1.82, 2.24) is 9.21 Å². The smallest absolute Gasteiger partial charge is 0.239 e. The van der Waals surface area contributed by atoms with Gasteiger partial charge in [-0.1, -0.05) is 0 Å². The SMILES string of the molecule is C[C@@H](N)C(=O)N1CCC(S(=O)(=O)N2CCCC2)C1. The van der Waals surface area contributed by atoms with Gasteiger partial charge in [0.05, 0.1) is 11.3 Å². The van der Waals surface area contributed by atoms with Crippen LogP contribution in [0, 0.1) is 0 Å². The Balaban J connectivity index is 2.02. The largest absolute Gasteiger partial charge is 0.340 e.